The molecule has 0 spiro atoms. The zero-order valence-electron chi connectivity index (χ0n) is 12.3. The molecule has 1 aromatic carbocycles. The van der Waals surface area contributed by atoms with Crippen molar-refractivity contribution in [1.82, 2.24) is 10.2 Å². The van der Waals surface area contributed by atoms with Crippen molar-refractivity contribution in [3.63, 3.8) is 0 Å². The number of nitrogens with zero attached hydrogens (tertiary/aromatic N) is 1. The maximum atomic E-state index is 3.60. The molecule has 2 atom stereocenters. The summed E-state index contributed by atoms with van der Waals surface area (Å²) in [4.78, 5) is 2.42. The Morgan fingerprint density at radius 1 is 1.17 bits per heavy atom. The topological polar surface area (TPSA) is 15.3 Å². The van der Waals surface area contributed by atoms with Crippen LogP contribution in [0.1, 0.15) is 32.8 Å². The summed E-state index contributed by atoms with van der Waals surface area (Å²) in [5.74, 6) is 0. The molecule has 0 aromatic heterocycles. The molecule has 0 aliphatic heterocycles. The molecule has 0 radical (unpaired) electrons. The van der Waals surface area contributed by atoms with Gasteiger partial charge in [-0.05, 0) is 39.3 Å². The van der Waals surface area contributed by atoms with Crippen LogP contribution in [0.5, 0.6) is 0 Å². The molecule has 0 saturated carbocycles. The van der Waals surface area contributed by atoms with Crippen molar-refractivity contribution in [2.75, 3.05) is 20.1 Å². The summed E-state index contributed by atoms with van der Waals surface area (Å²) in [6, 6.07) is 11.9. The maximum Gasteiger partial charge on any atom is 0.0107 e. The SMILES string of the molecule is CCC(C)N(C)CCNC(C)Cc1ccccc1. The molecule has 0 bridgehead atoms. The van der Waals surface area contributed by atoms with E-state index in [2.05, 4.69) is 68.4 Å². The first-order chi connectivity index (χ1) is 8.63. The highest BCUT2D eigenvalue weighted by atomic mass is 15.1. The van der Waals surface area contributed by atoms with E-state index >= 15 is 0 Å². The van der Waals surface area contributed by atoms with Crippen molar-refractivity contribution in [3.05, 3.63) is 35.9 Å². The normalized spacial score (nSPS) is 14.7. The molecule has 1 N–H and O–H groups in total. The van der Waals surface area contributed by atoms with Gasteiger partial charge in [-0.3, -0.25) is 0 Å². The van der Waals surface area contributed by atoms with Gasteiger partial charge >= 0.3 is 0 Å². The van der Waals surface area contributed by atoms with Crippen LogP contribution in [-0.2, 0) is 6.42 Å². The maximum absolute atomic E-state index is 3.60. The third-order valence-electron chi connectivity index (χ3n) is 3.69. The lowest BCUT2D eigenvalue weighted by atomic mass is 10.1. The van der Waals surface area contributed by atoms with Gasteiger partial charge in [0.2, 0.25) is 0 Å². The molecule has 2 nitrogen and oxygen atoms in total. The number of benzene rings is 1. The van der Waals surface area contributed by atoms with E-state index < -0.39 is 0 Å². The number of rotatable bonds is 8. The quantitative estimate of drug-likeness (QED) is 0.761. The predicted octanol–water partition coefficient (Wildman–Crippen LogP) is 2.94. The molecule has 0 aliphatic rings. The largest absolute Gasteiger partial charge is 0.313 e. The van der Waals surface area contributed by atoms with E-state index in [1.807, 2.05) is 0 Å². The number of likely N-dealkylation sites (N-methyl/N-ethyl adjacent to an activating group) is 1. The zero-order valence-corrected chi connectivity index (χ0v) is 12.3. The molecule has 0 fully saturated rings. The molecule has 0 aliphatic carbocycles. The molecule has 0 amide bonds. The molecule has 2 unspecified atom stereocenters. The van der Waals surface area contributed by atoms with Crippen LogP contribution in [0.25, 0.3) is 0 Å². The predicted molar refractivity (Wildman–Crippen MR) is 80.0 cm³/mol. The van der Waals surface area contributed by atoms with Crippen LogP contribution in [0.4, 0.5) is 0 Å². The summed E-state index contributed by atoms with van der Waals surface area (Å²) >= 11 is 0. The lowest BCUT2D eigenvalue weighted by molar-refractivity contribution is 0.249. The summed E-state index contributed by atoms with van der Waals surface area (Å²) in [7, 11) is 2.21. The van der Waals surface area contributed by atoms with Crippen molar-refractivity contribution in [1.29, 1.82) is 0 Å². The first-order valence-electron chi connectivity index (χ1n) is 7.11. The van der Waals surface area contributed by atoms with Gasteiger partial charge in [0.1, 0.15) is 0 Å². The third-order valence-corrected chi connectivity index (χ3v) is 3.69. The van der Waals surface area contributed by atoms with E-state index in [0.717, 1.165) is 19.5 Å². The molecular formula is C16H28N2. The average Bonchev–Trinajstić information content (AvgIpc) is 2.38. The van der Waals surface area contributed by atoms with Gasteiger partial charge in [-0.25, -0.2) is 0 Å². The number of hydrogen-bond acceptors (Lipinski definition) is 2. The smallest absolute Gasteiger partial charge is 0.0107 e. The van der Waals surface area contributed by atoms with Gasteiger partial charge in [-0.2, -0.15) is 0 Å². The third kappa shape index (κ3) is 5.65. The summed E-state index contributed by atoms with van der Waals surface area (Å²) in [5, 5.41) is 3.60. The van der Waals surface area contributed by atoms with Crippen LogP contribution in [0, 0.1) is 0 Å². The van der Waals surface area contributed by atoms with E-state index in [1.165, 1.54) is 12.0 Å². The molecule has 1 aromatic rings. The minimum Gasteiger partial charge on any atom is -0.313 e. The van der Waals surface area contributed by atoms with Gasteiger partial charge < -0.3 is 10.2 Å². The Hall–Kier alpha value is -0.860. The highest BCUT2D eigenvalue weighted by Gasteiger charge is 2.07. The Bertz CT molecular complexity index is 310. The second kappa shape index (κ2) is 8.28. The van der Waals surface area contributed by atoms with Crippen LogP contribution in [0.2, 0.25) is 0 Å². The fourth-order valence-corrected chi connectivity index (χ4v) is 2.06. The van der Waals surface area contributed by atoms with E-state index in [1.54, 1.807) is 0 Å². The average molecular weight is 248 g/mol. The summed E-state index contributed by atoms with van der Waals surface area (Å²) in [6.07, 6.45) is 2.32. The Morgan fingerprint density at radius 2 is 1.83 bits per heavy atom. The van der Waals surface area contributed by atoms with Crippen molar-refractivity contribution in [2.24, 2.45) is 0 Å². The molecule has 1 rings (SSSR count). The van der Waals surface area contributed by atoms with E-state index in [4.69, 9.17) is 0 Å². The number of nitrogens with one attached hydrogen (secondary N) is 1. The van der Waals surface area contributed by atoms with Crippen LogP contribution >= 0.6 is 0 Å². The molecule has 0 saturated heterocycles. The van der Waals surface area contributed by atoms with Gasteiger partial charge in [0.05, 0.1) is 0 Å². The minimum absolute atomic E-state index is 0.540. The van der Waals surface area contributed by atoms with E-state index in [0.29, 0.717) is 12.1 Å². The minimum atomic E-state index is 0.540. The van der Waals surface area contributed by atoms with Crippen molar-refractivity contribution in [2.45, 2.75) is 45.7 Å². The van der Waals surface area contributed by atoms with Crippen LogP contribution in [-0.4, -0.2) is 37.1 Å². The van der Waals surface area contributed by atoms with Crippen LogP contribution < -0.4 is 5.32 Å². The lowest BCUT2D eigenvalue weighted by Gasteiger charge is -2.24. The summed E-state index contributed by atoms with van der Waals surface area (Å²) < 4.78 is 0. The Labute approximate surface area is 112 Å². The Kier molecular flexibility index (Phi) is 6.99. The summed E-state index contributed by atoms with van der Waals surface area (Å²) in [5.41, 5.74) is 1.41. The van der Waals surface area contributed by atoms with Crippen LogP contribution in [0.3, 0.4) is 0 Å². The fourth-order valence-electron chi connectivity index (χ4n) is 2.06. The van der Waals surface area contributed by atoms with Crippen LogP contribution in [0.15, 0.2) is 30.3 Å². The van der Waals surface area contributed by atoms with Gasteiger partial charge in [0, 0.05) is 25.2 Å². The number of hydrogen-bond donors (Lipinski definition) is 1. The van der Waals surface area contributed by atoms with Crippen molar-refractivity contribution < 1.29 is 0 Å². The first-order valence-corrected chi connectivity index (χ1v) is 7.11. The Morgan fingerprint density at radius 3 is 2.44 bits per heavy atom. The second-order valence-corrected chi connectivity index (χ2v) is 5.28. The Balaban J connectivity index is 2.19. The first kappa shape index (κ1) is 15.2. The molecule has 2 heteroatoms. The van der Waals surface area contributed by atoms with Crippen molar-refractivity contribution >= 4 is 0 Å². The highest BCUT2D eigenvalue weighted by Crippen LogP contribution is 2.03. The van der Waals surface area contributed by atoms with Gasteiger partial charge in [-0.1, -0.05) is 37.3 Å². The van der Waals surface area contributed by atoms with Crippen molar-refractivity contribution in [3.8, 4) is 0 Å². The molecular weight excluding hydrogens is 220 g/mol. The molecule has 0 heterocycles. The molecule has 18 heavy (non-hydrogen) atoms. The lowest BCUT2D eigenvalue weighted by Crippen LogP contribution is -2.38. The van der Waals surface area contributed by atoms with Gasteiger partial charge in [0.15, 0.2) is 0 Å². The standard InChI is InChI=1S/C16H28N2/c1-5-15(3)18(4)12-11-17-14(2)13-16-9-7-6-8-10-16/h6-10,14-15,17H,5,11-13H2,1-4H3. The van der Waals surface area contributed by atoms with Gasteiger partial charge in [0.25, 0.3) is 0 Å². The fraction of sp³-hybridized carbons (Fsp3) is 0.625. The highest BCUT2D eigenvalue weighted by molar-refractivity contribution is 5.15. The van der Waals surface area contributed by atoms with E-state index in [9.17, 15) is 0 Å². The summed E-state index contributed by atoms with van der Waals surface area (Å²) in [6.45, 7) is 8.97. The zero-order chi connectivity index (χ0) is 13.4. The van der Waals surface area contributed by atoms with Gasteiger partial charge in [-0.15, -0.1) is 0 Å². The second-order valence-electron chi connectivity index (χ2n) is 5.28. The monoisotopic (exact) mass is 248 g/mol. The molecule has 102 valence electrons. The van der Waals surface area contributed by atoms with E-state index in [-0.39, 0.29) is 0 Å².